The Balaban J connectivity index is 1.28. The average Bonchev–Trinajstić information content (AvgIpc) is 2.65. The topological polar surface area (TPSA) is 24.4 Å². The Morgan fingerprint density at radius 1 is 0.733 bits per heavy atom. The van der Waals surface area contributed by atoms with Crippen LogP contribution in [0.2, 0.25) is 0 Å². The first-order valence-corrected chi connectivity index (χ1v) is 13.0. The number of benzene rings is 1. The van der Waals surface area contributed by atoms with Crippen LogP contribution in [0.15, 0.2) is 29.3 Å². The summed E-state index contributed by atoms with van der Waals surface area (Å²) in [5, 5.41) is 4.24. The van der Waals surface area contributed by atoms with E-state index in [0.717, 1.165) is 35.5 Å². The number of rotatable bonds is 3. The molecule has 1 aromatic carbocycles. The van der Waals surface area contributed by atoms with E-state index in [2.05, 4.69) is 36.5 Å². The van der Waals surface area contributed by atoms with Gasteiger partial charge in [-0.25, -0.2) is 0 Å². The zero-order valence-corrected chi connectivity index (χ0v) is 18.7. The molecule has 8 aliphatic rings. The van der Waals surface area contributed by atoms with E-state index in [0.29, 0.717) is 5.54 Å². The number of amidine groups is 1. The van der Waals surface area contributed by atoms with Gasteiger partial charge in [0.25, 0.3) is 0 Å². The molecule has 8 saturated carbocycles. The molecule has 30 heavy (non-hydrogen) atoms. The Hall–Kier alpha value is -1.31. The molecule has 0 spiro atoms. The molecule has 160 valence electrons. The van der Waals surface area contributed by atoms with E-state index in [1.807, 2.05) is 0 Å². The normalized spacial score (nSPS) is 48.4. The predicted octanol–water partition coefficient (Wildman–Crippen LogP) is 6.27. The zero-order valence-electron chi connectivity index (χ0n) is 18.7. The van der Waals surface area contributed by atoms with Crippen LogP contribution in [0.4, 0.5) is 0 Å². The summed E-state index contributed by atoms with van der Waals surface area (Å²) in [6, 6.07) is 9.03. The summed E-state index contributed by atoms with van der Waals surface area (Å²) >= 11 is 0. The van der Waals surface area contributed by atoms with Gasteiger partial charge in [0, 0.05) is 11.1 Å². The molecule has 8 fully saturated rings. The van der Waals surface area contributed by atoms with Crippen molar-refractivity contribution >= 4 is 5.84 Å². The number of hydrogen-bond donors (Lipinski definition) is 1. The van der Waals surface area contributed by atoms with Crippen LogP contribution in [0.25, 0.3) is 0 Å². The van der Waals surface area contributed by atoms with Crippen molar-refractivity contribution in [2.75, 3.05) is 0 Å². The van der Waals surface area contributed by atoms with Crippen LogP contribution in [0.3, 0.4) is 0 Å². The molecular formula is C28H38N2. The summed E-state index contributed by atoms with van der Waals surface area (Å²) in [5.41, 5.74) is 3.34. The maximum absolute atomic E-state index is 5.78. The largest absolute Gasteiger partial charge is 0.364 e. The van der Waals surface area contributed by atoms with Gasteiger partial charge in [-0.1, -0.05) is 24.3 Å². The Bertz CT molecular complexity index is 810. The van der Waals surface area contributed by atoms with Crippen molar-refractivity contribution in [1.29, 1.82) is 0 Å². The molecule has 8 aliphatic carbocycles. The SMILES string of the molecule is Cc1ccccc1C(=NC12CC3CC(CC(C3)C1)C2)NC12CC3CC(CC(C3)C1)C2. The van der Waals surface area contributed by atoms with Gasteiger partial charge in [-0.2, -0.15) is 0 Å². The van der Waals surface area contributed by atoms with E-state index in [1.54, 1.807) is 0 Å². The average molecular weight is 403 g/mol. The second-order valence-corrected chi connectivity index (χ2v) is 12.7. The van der Waals surface area contributed by atoms with Crippen molar-refractivity contribution in [3.8, 4) is 0 Å². The Morgan fingerprint density at radius 3 is 1.70 bits per heavy atom. The second-order valence-electron chi connectivity index (χ2n) is 12.7. The van der Waals surface area contributed by atoms with E-state index in [9.17, 15) is 0 Å². The van der Waals surface area contributed by atoms with Crippen molar-refractivity contribution in [2.24, 2.45) is 40.5 Å². The van der Waals surface area contributed by atoms with E-state index in [4.69, 9.17) is 4.99 Å². The summed E-state index contributed by atoms with van der Waals surface area (Å²) in [5.74, 6) is 7.06. The Kier molecular flexibility index (Phi) is 3.88. The molecule has 1 aromatic rings. The fourth-order valence-electron chi connectivity index (χ4n) is 9.95. The molecule has 0 radical (unpaired) electrons. The van der Waals surface area contributed by atoms with Crippen LogP contribution in [-0.2, 0) is 0 Å². The van der Waals surface area contributed by atoms with E-state index < -0.39 is 0 Å². The van der Waals surface area contributed by atoms with Crippen molar-refractivity contribution in [1.82, 2.24) is 5.32 Å². The lowest BCUT2D eigenvalue weighted by atomic mass is 9.52. The molecule has 0 saturated heterocycles. The number of nitrogens with zero attached hydrogens (tertiary/aromatic N) is 1. The quantitative estimate of drug-likeness (QED) is 0.468. The summed E-state index contributed by atoms with van der Waals surface area (Å²) in [6.45, 7) is 2.28. The smallest absolute Gasteiger partial charge is 0.129 e. The van der Waals surface area contributed by atoms with Gasteiger partial charge in [-0.05, 0) is 125 Å². The molecule has 0 atom stereocenters. The van der Waals surface area contributed by atoms with Crippen LogP contribution in [0, 0.1) is 42.4 Å². The summed E-state index contributed by atoms with van der Waals surface area (Å²) in [6.07, 6.45) is 17.3. The van der Waals surface area contributed by atoms with Crippen LogP contribution in [-0.4, -0.2) is 16.9 Å². The minimum absolute atomic E-state index is 0.238. The molecule has 2 nitrogen and oxygen atoms in total. The lowest BCUT2D eigenvalue weighted by Gasteiger charge is -2.58. The molecule has 9 rings (SSSR count). The molecule has 2 heteroatoms. The maximum atomic E-state index is 5.78. The first kappa shape index (κ1) is 18.3. The Morgan fingerprint density at radius 2 is 1.20 bits per heavy atom. The molecular weight excluding hydrogens is 364 g/mol. The third-order valence-electron chi connectivity index (χ3n) is 10.2. The highest BCUT2D eigenvalue weighted by Gasteiger charge is 2.53. The lowest BCUT2D eigenvalue weighted by Crippen LogP contribution is -2.60. The summed E-state index contributed by atoms with van der Waals surface area (Å²) in [4.78, 5) is 5.78. The molecule has 8 bridgehead atoms. The predicted molar refractivity (Wildman–Crippen MR) is 123 cm³/mol. The highest BCUT2D eigenvalue weighted by atomic mass is 15.1. The van der Waals surface area contributed by atoms with E-state index in [1.165, 1.54) is 94.0 Å². The van der Waals surface area contributed by atoms with Gasteiger partial charge in [0.05, 0.1) is 5.54 Å². The standard InChI is InChI=1S/C28H38N2/c1-18-4-2-3-5-25(18)26(29-27-12-19-6-20(13-27)8-21(7-19)14-27)30-28-15-22-9-23(16-28)11-24(10-22)17-28/h2-5,19-24H,6-17H2,1H3,(H,29,30). The van der Waals surface area contributed by atoms with Gasteiger partial charge in [-0.3, -0.25) is 4.99 Å². The zero-order chi connectivity index (χ0) is 19.9. The minimum Gasteiger partial charge on any atom is -0.364 e. The van der Waals surface area contributed by atoms with Gasteiger partial charge >= 0.3 is 0 Å². The molecule has 0 aromatic heterocycles. The van der Waals surface area contributed by atoms with Crippen LogP contribution >= 0.6 is 0 Å². The van der Waals surface area contributed by atoms with Crippen molar-refractivity contribution < 1.29 is 0 Å². The van der Waals surface area contributed by atoms with Gasteiger partial charge in [-0.15, -0.1) is 0 Å². The molecule has 0 amide bonds. The van der Waals surface area contributed by atoms with Crippen LogP contribution < -0.4 is 5.32 Å². The summed E-state index contributed by atoms with van der Waals surface area (Å²) in [7, 11) is 0. The second kappa shape index (κ2) is 6.36. The number of nitrogens with one attached hydrogen (secondary N) is 1. The fraction of sp³-hybridized carbons (Fsp3) is 0.750. The van der Waals surface area contributed by atoms with Crippen LogP contribution in [0.5, 0.6) is 0 Å². The Labute approximate surface area is 182 Å². The van der Waals surface area contributed by atoms with Gasteiger partial charge in [0.2, 0.25) is 0 Å². The highest BCUT2D eigenvalue weighted by Crippen LogP contribution is 2.58. The molecule has 0 heterocycles. The summed E-state index contributed by atoms with van der Waals surface area (Å²) < 4.78 is 0. The third-order valence-corrected chi connectivity index (χ3v) is 10.2. The lowest BCUT2D eigenvalue weighted by molar-refractivity contribution is -0.0116. The highest BCUT2D eigenvalue weighted by molar-refractivity contribution is 6.00. The minimum atomic E-state index is 0.238. The van der Waals surface area contributed by atoms with Crippen molar-refractivity contribution in [3.05, 3.63) is 35.4 Å². The first-order valence-electron chi connectivity index (χ1n) is 13.0. The van der Waals surface area contributed by atoms with Crippen molar-refractivity contribution in [3.63, 3.8) is 0 Å². The third kappa shape index (κ3) is 2.92. The van der Waals surface area contributed by atoms with E-state index in [-0.39, 0.29) is 5.54 Å². The number of aliphatic imine (C=N–C) groups is 1. The van der Waals surface area contributed by atoms with Crippen molar-refractivity contribution in [2.45, 2.75) is 95.1 Å². The first-order chi connectivity index (χ1) is 14.6. The van der Waals surface area contributed by atoms with Gasteiger partial charge in [0.15, 0.2) is 0 Å². The molecule has 0 aliphatic heterocycles. The van der Waals surface area contributed by atoms with E-state index >= 15 is 0 Å². The number of hydrogen-bond acceptors (Lipinski definition) is 1. The van der Waals surface area contributed by atoms with Gasteiger partial charge in [0.1, 0.15) is 5.84 Å². The van der Waals surface area contributed by atoms with Crippen LogP contribution in [0.1, 0.15) is 88.2 Å². The fourth-order valence-corrected chi connectivity index (χ4v) is 9.95. The van der Waals surface area contributed by atoms with Gasteiger partial charge < -0.3 is 5.32 Å². The molecule has 0 unspecified atom stereocenters. The number of aryl methyl sites for hydroxylation is 1. The molecule has 1 N–H and O–H groups in total. The maximum Gasteiger partial charge on any atom is 0.129 e. The monoisotopic (exact) mass is 402 g/mol.